The first-order valence-corrected chi connectivity index (χ1v) is 7.19. The number of carbonyl (C=O) groups excluding carboxylic acids is 2. The van der Waals surface area contributed by atoms with Crippen LogP contribution in [0.5, 0.6) is 0 Å². The van der Waals surface area contributed by atoms with Gasteiger partial charge in [-0.3, -0.25) is 0 Å². The number of benzene rings is 1. The van der Waals surface area contributed by atoms with Gasteiger partial charge in [0, 0.05) is 13.6 Å². The molecule has 1 rings (SSSR count). The third kappa shape index (κ3) is 5.62. The topological polar surface area (TPSA) is 79.6 Å². The number of carbonyl (C=O) groups is 2. The van der Waals surface area contributed by atoms with E-state index in [1.54, 1.807) is 46.0 Å². The normalized spacial score (nSPS) is 10.6. The van der Waals surface area contributed by atoms with E-state index in [1.165, 1.54) is 12.0 Å². The van der Waals surface area contributed by atoms with Crippen LogP contribution in [-0.2, 0) is 22.4 Å². The molecule has 0 atom stereocenters. The lowest BCUT2D eigenvalue weighted by Crippen LogP contribution is -2.33. The van der Waals surface area contributed by atoms with Crippen LogP contribution in [0.3, 0.4) is 0 Å². The Morgan fingerprint density at radius 3 is 2.48 bits per heavy atom. The number of nitrogens with zero attached hydrogens (tertiary/aromatic N) is 2. The molecule has 0 unspecified atom stereocenters. The summed E-state index contributed by atoms with van der Waals surface area (Å²) in [5.74, 6) is -0.484. The number of ether oxygens (including phenoxy) is 2. The Labute approximate surface area is 136 Å². The SMILES string of the molecule is COC(=O)c1ccc(CN(C)C(=O)OC(C)(C)C)cc1CC#N. The summed E-state index contributed by atoms with van der Waals surface area (Å²) >= 11 is 0. The number of hydrogen-bond acceptors (Lipinski definition) is 5. The van der Waals surface area contributed by atoms with Gasteiger partial charge in [0.25, 0.3) is 0 Å². The van der Waals surface area contributed by atoms with Gasteiger partial charge in [-0.2, -0.15) is 5.26 Å². The van der Waals surface area contributed by atoms with Gasteiger partial charge in [0.2, 0.25) is 0 Å². The Balaban J connectivity index is 2.93. The number of rotatable bonds is 4. The average Bonchev–Trinajstić information content (AvgIpc) is 2.45. The zero-order chi connectivity index (χ0) is 17.6. The fraction of sp³-hybridized carbons (Fsp3) is 0.471. The van der Waals surface area contributed by atoms with Crippen molar-refractivity contribution in [2.75, 3.05) is 14.2 Å². The summed E-state index contributed by atoms with van der Waals surface area (Å²) in [6.07, 6.45) is -0.342. The molecule has 23 heavy (non-hydrogen) atoms. The van der Waals surface area contributed by atoms with Crippen molar-refractivity contribution in [3.8, 4) is 6.07 Å². The minimum absolute atomic E-state index is 0.0917. The molecule has 0 spiro atoms. The molecule has 0 aliphatic rings. The van der Waals surface area contributed by atoms with Crippen LogP contribution < -0.4 is 0 Å². The van der Waals surface area contributed by atoms with Gasteiger partial charge in [0.1, 0.15) is 5.60 Å². The second-order valence-electron chi connectivity index (χ2n) is 6.15. The zero-order valence-corrected chi connectivity index (χ0v) is 14.2. The van der Waals surface area contributed by atoms with Crippen molar-refractivity contribution in [3.05, 3.63) is 34.9 Å². The quantitative estimate of drug-likeness (QED) is 0.797. The van der Waals surface area contributed by atoms with Gasteiger partial charge in [0.05, 0.1) is 25.2 Å². The summed E-state index contributed by atoms with van der Waals surface area (Å²) in [6.45, 7) is 5.72. The number of methoxy groups -OCH3 is 1. The van der Waals surface area contributed by atoms with Gasteiger partial charge in [-0.1, -0.05) is 12.1 Å². The third-order valence-electron chi connectivity index (χ3n) is 2.97. The summed E-state index contributed by atoms with van der Waals surface area (Å²) in [4.78, 5) is 25.1. The number of nitriles is 1. The van der Waals surface area contributed by atoms with Gasteiger partial charge < -0.3 is 14.4 Å². The molecular formula is C17H22N2O4. The van der Waals surface area contributed by atoms with Crippen LogP contribution in [0.4, 0.5) is 4.79 Å². The summed E-state index contributed by atoms with van der Waals surface area (Å²) < 4.78 is 9.99. The van der Waals surface area contributed by atoms with E-state index in [9.17, 15) is 9.59 Å². The van der Waals surface area contributed by atoms with Crippen LogP contribution in [0.2, 0.25) is 0 Å². The van der Waals surface area contributed by atoms with E-state index in [0.29, 0.717) is 17.7 Å². The second-order valence-corrected chi connectivity index (χ2v) is 6.15. The second kappa shape index (κ2) is 7.63. The first kappa shape index (κ1) is 18.5. The van der Waals surface area contributed by atoms with Crippen LogP contribution >= 0.6 is 0 Å². The van der Waals surface area contributed by atoms with Crippen LogP contribution in [-0.4, -0.2) is 36.7 Å². The Morgan fingerprint density at radius 2 is 1.96 bits per heavy atom. The molecule has 0 aliphatic carbocycles. The minimum atomic E-state index is -0.563. The Kier molecular flexibility index (Phi) is 6.14. The Hall–Kier alpha value is -2.55. The summed E-state index contributed by atoms with van der Waals surface area (Å²) in [6, 6.07) is 7.10. The highest BCUT2D eigenvalue weighted by Gasteiger charge is 2.20. The average molecular weight is 318 g/mol. The van der Waals surface area contributed by atoms with Crippen LogP contribution in [0.25, 0.3) is 0 Å². The van der Waals surface area contributed by atoms with E-state index in [4.69, 9.17) is 14.7 Å². The van der Waals surface area contributed by atoms with Crippen molar-refractivity contribution in [3.63, 3.8) is 0 Å². The fourth-order valence-electron chi connectivity index (χ4n) is 1.96. The Morgan fingerprint density at radius 1 is 1.30 bits per heavy atom. The van der Waals surface area contributed by atoms with Crippen molar-refractivity contribution in [2.45, 2.75) is 39.3 Å². The fourth-order valence-corrected chi connectivity index (χ4v) is 1.96. The van der Waals surface area contributed by atoms with E-state index < -0.39 is 17.7 Å². The Bertz CT molecular complexity index is 626. The lowest BCUT2D eigenvalue weighted by Gasteiger charge is -2.24. The maximum Gasteiger partial charge on any atom is 0.410 e. The first-order chi connectivity index (χ1) is 10.7. The van der Waals surface area contributed by atoms with Gasteiger partial charge >= 0.3 is 12.1 Å². The molecule has 0 N–H and O–H groups in total. The van der Waals surface area contributed by atoms with Gasteiger partial charge in [0.15, 0.2) is 0 Å². The maximum atomic E-state index is 12.0. The molecule has 1 aromatic rings. The molecule has 0 fully saturated rings. The standard InChI is InChI=1S/C17H22N2O4/c1-17(2,3)23-16(21)19(4)11-12-6-7-14(15(20)22-5)13(10-12)8-9-18/h6-7,10H,8,11H2,1-5H3. The van der Waals surface area contributed by atoms with Crippen molar-refractivity contribution in [2.24, 2.45) is 0 Å². The number of esters is 1. The molecule has 6 nitrogen and oxygen atoms in total. The predicted octanol–water partition coefficient (Wildman–Crippen LogP) is 2.91. The number of hydrogen-bond donors (Lipinski definition) is 0. The van der Waals surface area contributed by atoms with E-state index in [0.717, 1.165) is 5.56 Å². The zero-order valence-electron chi connectivity index (χ0n) is 14.2. The molecule has 0 aliphatic heterocycles. The molecular weight excluding hydrogens is 296 g/mol. The lowest BCUT2D eigenvalue weighted by atomic mass is 10.0. The van der Waals surface area contributed by atoms with E-state index >= 15 is 0 Å². The molecule has 6 heteroatoms. The van der Waals surface area contributed by atoms with Crippen molar-refractivity contribution >= 4 is 12.1 Å². The smallest absolute Gasteiger partial charge is 0.410 e. The highest BCUT2D eigenvalue weighted by atomic mass is 16.6. The number of amides is 1. The molecule has 0 radical (unpaired) electrons. The van der Waals surface area contributed by atoms with Crippen molar-refractivity contribution in [1.29, 1.82) is 5.26 Å². The maximum absolute atomic E-state index is 12.0. The van der Waals surface area contributed by atoms with Crippen LogP contribution in [0.15, 0.2) is 18.2 Å². The van der Waals surface area contributed by atoms with Crippen LogP contribution in [0, 0.1) is 11.3 Å². The van der Waals surface area contributed by atoms with Gasteiger partial charge in [-0.05, 0) is 38.0 Å². The van der Waals surface area contributed by atoms with E-state index in [-0.39, 0.29) is 6.42 Å². The largest absolute Gasteiger partial charge is 0.465 e. The summed E-state index contributed by atoms with van der Waals surface area (Å²) in [5, 5.41) is 8.90. The monoisotopic (exact) mass is 318 g/mol. The van der Waals surface area contributed by atoms with Gasteiger partial charge in [-0.25, -0.2) is 9.59 Å². The van der Waals surface area contributed by atoms with Crippen molar-refractivity contribution < 1.29 is 19.1 Å². The predicted molar refractivity (Wildman–Crippen MR) is 84.8 cm³/mol. The highest BCUT2D eigenvalue weighted by Crippen LogP contribution is 2.17. The molecule has 0 saturated heterocycles. The molecule has 1 amide bonds. The minimum Gasteiger partial charge on any atom is -0.465 e. The van der Waals surface area contributed by atoms with Gasteiger partial charge in [-0.15, -0.1) is 0 Å². The molecule has 124 valence electrons. The summed E-state index contributed by atoms with van der Waals surface area (Å²) in [5.41, 5.74) is 1.18. The van der Waals surface area contributed by atoms with E-state index in [1.807, 2.05) is 6.07 Å². The molecule has 0 heterocycles. The summed E-state index contributed by atoms with van der Waals surface area (Å²) in [7, 11) is 2.93. The molecule has 0 bridgehead atoms. The molecule has 0 aromatic heterocycles. The molecule has 1 aromatic carbocycles. The first-order valence-electron chi connectivity index (χ1n) is 7.19. The third-order valence-corrected chi connectivity index (χ3v) is 2.97. The van der Waals surface area contributed by atoms with Crippen LogP contribution in [0.1, 0.15) is 42.3 Å². The molecule has 0 saturated carbocycles. The van der Waals surface area contributed by atoms with E-state index in [2.05, 4.69) is 0 Å². The lowest BCUT2D eigenvalue weighted by molar-refractivity contribution is 0.0284. The highest BCUT2D eigenvalue weighted by molar-refractivity contribution is 5.91. The van der Waals surface area contributed by atoms with Crippen molar-refractivity contribution in [1.82, 2.24) is 4.90 Å².